The van der Waals surface area contributed by atoms with Gasteiger partial charge >= 0.3 is 0 Å². The minimum atomic E-state index is 0.725. The molecule has 0 amide bonds. The van der Waals surface area contributed by atoms with Crippen molar-refractivity contribution in [3.8, 4) is 0 Å². The summed E-state index contributed by atoms with van der Waals surface area (Å²) >= 11 is 1.75. The van der Waals surface area contributed by atoms with Gasteiger partial charge in [-0.3, -0.25) is 4.72 Å². The molecular formula is C16H23N3S. The third-order valence-electron chi connectivity index (χ3n) is 4.30. The molecule has 0 atom stereocenters. The lowest BCUT2D eigenvalue weighted by Crippen LogP contribution is -2.29. The summed E-state index contributed by atoms with van der Waals surface area (Å²) in [4.78, 5) is 2.43. The monoisotopic (exact) mass is 289 g/mol. The summed E-state index contributed by atoms with van der Waals surface area (Å²) in [6, 6.07) is 6.90. The maximum absolute atomic E-state index is 3.15. The first kappa shape index (κ1) is 14.0. The van der Waals surface area contributed by atoms with Gasteiger partial charge in [-0.05, 0) is 75.3 Å². The predicted molar refractivity (Wildman–Crippen MR) is 87.2 cm³/mol. The van der Waals surface area contributed by atoms with E-state index in [0.29, 0.717) is 0 Å². The van der Waals surface area contributed by atoms with Crippen LogP contribution in [0.2, 0.25) is 0 Å². The maximum atomic E-state index is 3.15. The Balaban J connectivity index is 1.86. The number of piperidine rings is 1. The zero-order valence-corrected chi connectivity index (χ0v) is 13.1. The summed E-state index contributed by atoms with van der Waals surface area (Å²) < 4.78 is 5.41. The number of rotatable bonds is 4. The van der Waals surface area contributed by atoms with E-state index >= 15 is 0 Å². The SMILES string of the molecule is CNSCc1ccn2ccc(C3CCN(C)CC3)c2c1. The van der Waals surface area contributed by atoms with Gasteiger partial charge in [0, 0.05) is 23.7 Å². The lowest BCUT2D eigenvalue weighted by Gasteiger charge is -2.28. The summed E-state index contributed by atoms with van der Waals surface area (Å²) in [5.41, 5.74) is 4.33. The van der Waals surface area contributed by atoms with Crippen molar-refractivity contribution in [1.29, 1.82) is 0 Å². The first-order valence-corrected chi connectivity index (χ1v) is 8.33. The predicted octanol–water partition coefficient (Wildman–Crippen LogP) is 3.12. The van der Waals surface area contributed by atoms with Crippen molar-refractivity contribution in [1.82, 2.24) is 14.0 Å². The molecule has 0 spiro atoms. The Morgan fingerprint density at radius 2 is 2.00 bits per heavy atom. The average molecular weight is 289 g/mol. The second-order valence-corrected chi connectivity index (χ2v) is 6.65. The molecule has 3 nitrogen and oxygen atoms in total. The first-order chi connectivity index (χ1) is 9.78. The van der Waals surface area contributed by atoms with E-state index in [2.05, 4.69) is 51.7 Å². The number of likely N-dealkylation sites (tertiary alicyclic amines) is 1. The number of pyridine rings is 1. The lowest BCUT2D eigenvalue weighted by atomic mass is 9.90. The molecule has 3 rings (SSSR count). The van der Waals surface area contributed by atoms with Crippen LogP contribution in [0.25, 0.3) is 5.52 Å². The van der Waals surface area contributed by atoms with E-state index in [1.807, 2.05) is 7.05 Å². The van der Waals surface area contributed by atoms with Crippen LogP contribution in [0.15, 0.2) is 30.6 Å². The van der Waals surface area contributed by atoms with Crippen LogP contribution < -0.4 is 4.72 Å². The Morgan fingerprint density at radius 1 is 1.25 bits per heavy atom. The fraction of sp³-hybridized carbons (Fsp3) is 0.500. The molecule has 3 heterocycles. The van der Waals surface area contributed by atoms with Gasteiger partial charge in [0.1, 0.15) is 0 Å². The Hall–Kier alpha value is -0.970. The number of aromatic nitrogens is 1. The molecular weight excluding hydrogens is 266 g/mol. The summed E-state index contributed by atoms with van der Waals surface area (Å²) in [5, 5.41) is 0. The van der Waals surface area contributed by atoms with E-state index < -0.39 is 0 Å². The second-order valence-electron chi connectivity index (χ2n) is 5.67. The fourth-order valence-electron chi connectivity index (χ4n) is 3.07. The zero-order chi connectivity index (χ0) is 13.9. The van der Waals surface area contributed by atoms with Gasteiger partial charge in [-0.25, -0.2) is 0 Å². The van der Waals surface area contributed by atoms with Crippen molar-refractivity contribution in [3.05, 3.63) is 41.7 Å². The summed E-state index contributed by atoms with van der Waals surface area (Å²) in [6.45, 7) is 2.44. The van der Waals surface area contributed by atoms with Crippen molar-refractivity contribution in [2.24, 2.45) is 0 Å². The topological polar surface area (TPSA) is 19.7 Å². The Labute approximate surface area is 125 Å². The Kier molecular flexibility index (Phi) is 4.34. The van der Waals surface area contributed by atoms with Crippen molar-refractivity contribution in [3.63, 3.8) is 0 Å². The molecule has 1 aliphatic heterocycles. The van der Waals surface area contributed by atoms with Gasteiger partial charge in [-0.1, -0.05) is 11.9 Å². The summed E-state index contributed by atoms with van der Waals surface area (Å²) in [7, 11) is 4.20. The molecule has 0 saturated carbocycles. The number of nitrogens with one attached hydrogen (secondary N) is 1. The smallest absolute Gasteiger partial charge is 0.0487 e. The van der Waals surface area contributed by atoms with Gasteiger partial charge in [-0.15, -0.1) is 0 Å². The molecule has 0 bridgehead atoms. The molecule has 2 aromatic rings. The largest absolute Gasteiger partial charge is 0.324 e. The number of nitrogens with zero attached hydrogens (tertiary/aromatic N) is 2. The highest BCUT2D eigenvalue weighted by Crippen LogP contribution is 2.31. The molecule has 2 aromatic heterocycles. The first-order valence-electron chi connectivity index (χ1n) is 7.34. The van der Waals surface area contributed by atoms with Crippen LogP contribution in [0.4, 0.5) is 0 Å². The fourth-order valence-corrected chi connectivity index (χ4v) is 3.56. The van der Waals surface area contributed by atoms with Crippen molar-refractivity contribution in [2.75, 3.05) is 27.2 Å². The van der Waals surface area contributed by atoms with Crippen LogP contribution in [-0.4, -0.2) is 36.5 Å². The molecule has 1 N–H and O–H groups in total. The zero-order valence-electron chi connectivity index (χ0n) is 12.3. The molecule has 4 heteroatoms. The molecule has 1 saturated heterocycles. The highest BCUT2D eigenvalue weighted by molar-refractivity contribution is 7.96. The van der Waals surface area contributed by atoms with Crippen LogP contribution in [-0.2, 0) is 5.75 Å². The van der Waals surface area contributed by atoms with E-state index in [0.717, 1.165) is 11.7 Å². The standard InChI is InChI=1S/C16H23N3S/c1-17-20-12-13-3-9-19-10-6-15(16(19)11-13)14-4-7-18(2)8-5-14/h3,6,9-11,14,17H,4-5,7-8,12H2,1-2H3. The van der Waals surface area contributed by atoms with E-state index in [4.69, 9.17) is 0 Å². The van der Waals surface area contributed by atoms with Crippen LogP contribution in [0.3, 0.4) is 0 Å². The molecule has 0 radical (unpaired) electrons. The van der Waals surface area contributed by atoms with Crippen LogP contribution in [0.1, 0.15) is 29.9 Å². The third kappa shape index (κ3) is 2.87. The Morgan fingerprint density at radius 3 is 2.75 bits per heavy atom. The van der Waals surface area contributed by atoms with Gasteiger partial charge in [0.2, 0.25) is 0 Å². The molecule has 1 aliphatic rings. The van der Waals surface area contributed by atoms with E-state index in [1.54, 1.807) is 11.9 Å². The third-order valence-corrected chi connectivity index (χ3v) is 5.07. The minimum Gasteiger partial charge on any atom is -0.324 e. The van der Waals surface area contributed by atoms with E-state index in [-0.39, 0.29) is 0 Å². The molecule has 1 fully saturated rings. The Bertz CT molecular complexity index is 570. The quantitative estimate of drug-likeness (QED) is 0.873. The molecule has 0 aliphatic carbocycles. The average Bonchev–Trinajstić information content (AvgIpc) is 2.89. The van der Waals surface area contributed by atoms with Crippen molar-refractivity contribution >= 4 is 17.5 Å². The summed E-state index contributed by atoms with van der Waals surface area (Å²) in [5.74, 6) is 1.74. The highest BCUT2D eigenvalue weighted by Gasteiger charge is 2.20. The van der Waals surface area contributed by atoms with Crippen LogP contribution in [0.5, 0.6) is 0 Å². The van der Waals surface area contributed by atoms with Crippen LogP contribution >= 0.6 is 11.9 Å². The maximum Gasteiger partial charge on any atom is 0.0487 e. The van der Waals surface area contributed by atoms with Gasteiger partial charge in [-0.2, -0.15) is 0 Å². The van der Waals surface area contributed by atoms with Crippen molar-refractivity contribution in [2.45, 2.75) is 24.5 Å². The van der Waals surface area contributed by atoms with E-state index in [1.165, 1.54) is 42.6 Å². The normalized spacial score (nSPS) is 17.9. The molecule has 20 heavy (non-hydrogen) atoms. The number of hydrogen-bond donors (Lipinski definition) is 1. The second kappa shape index (κ2) is 6.20. The molecule has 0 aromatic carbocycles. The van der Waals surface area contributed by atoms with Gasteiger partial charge in [0.25, 0.3) is 0 Å². The lowest BCUT2D eigenvalue weighted by molar-refractivity contribution is 0.256. The number of hydrogen-bond acceptors (Lipinski definition) is 3. The molecule has 0 unspecified atom stereocenters. The minimum absolute atomic E-state index is 0.725. The highest BCUT2D eigenvalue weighted by atomic mass is 32.2. The number of fused-ring (bicyclic) bond motifs is 1. The van der Waals surface area contributed by atoms with Crippen molar-refractivity contribution < 1.29 is 0 Å². The van der Waals surface area contributed by atoms with Gasteiger partial charge in [0.15, 0.2) is 0 Å². The van der Waals surface area contributed by atoms with E-state index in [9.17, 15) is 0 Å². The van der Waals surface area contributed by atoms with Gasteiger partial charge in [0.05, 0.1) is 0 Å². The molecule has 108 valence electrons. The van der Waals surface area contributed by atoms with Gasteiger partial charge < -0.3 is 9.30 Å². The summed E-state index contributed by atoms with van der Waals surface area (Å²) in [6.07, 6.45) is 6.97. The van der Waals surface area contributed by atoms with Crippen LogP contribution in [0, 0.1) is 0 Å².